The molecule has 0 aromatic heterocycles. The number of hydrogen-bond donors (Lipinski definition) is 3. The van der Waals surface area contributed by atoms with Gasteiger partial charge in [0.05, 0.1) is 0 Å². The quantitative estimate of drug-likeness (QED) is 0.556. The number of nitrogens with one attached hydrogen (secondary N) is 2. The van der Waals surface area contributed by atoms with E-state index in [4.69, 9.17) is 5.11 Å². The minimum Gasteiger partial charge on any atom is -0.508 e. The van der Waals surface area contributed by atoms with Gasteiger partial charge in [-0.05, 0) is 24.7 Å². The minimum absolute atomic E-state index is 0.304. The maximum absolute atomic E-state index is 8.95. The standard InChI is InChI=1S/C8H12N2O/c1-9-10-6-7-2-4-8(11)5-3-7/h2-5,9-11H,6H2,1H3. The molecular weight excluding hydrogens is 140 g/mol. The van der Waals surface area contributed by atoms with Gasteiger partial charge in [0.25, 0.3) is 0 Å². The molecule has 3 N–H and O–H groups in total. The van der Waals surface area contributed by atoms with E-state index in [0.717, 1.165) is 12.1 Å². The molecular formula is C8H12N2O. The van der Waals surface area contributed by atoms with Crippen molar-refractivity contribution in [3.8, 4) is 5.75 Å². The Bertz CT molecular complexity index is 208. The molecule has 0 saturated heterocycles. The molecule has 0 saturated carbocycles. The predicted molar refractivity (Wildman–Crippen MR) is 44.0 cm³/mol. The molecule has 0 atom stereocenters. The molecule has 3 nitrogen and oxygen atoms in total. The lowest BCUT2D eigenvalue weighted by molar-refractivity contribution is 0.475. The number of phenols is 1. The van der Waals surface area contributed by atoms with Gasteiger partial charge in [0, 0.05) is 6.54 Å². The smallest absolute Gasteiger partial charge is 0.115 e. The Morgan fingerprint density at radius 1 is 1.27 bits per heavy atom. The summed E-state index contributed by atoms with van der Waals surface area (Å²) >= 11 is 0. The van der Waals surface area contributed by atoms with Crippen LogP contribution in [0.2, 0.25) is 0 Å². The normalized spacial score (nSPS) is 9.91. The van der Waals surface area contributed by atoms with Crippen molar-refractivity contribution in [3.63, 3.8) is 0 Å². The molecule has 0 radical (unpaired) electrons. The minimum atomic E-state index is 0.304. The van der Waals surface area contributed by atoms with E-state index in [9.17, 15) is 0 Å². The first-order valence-corrected chi connectivity index (χ1v) is 3.50. The van der Waals surface area contributed by atoms with Crippen LogP contribution in [-0.4, -0.2) is 12.2 Å². The molecule has 0 bridgehead atoms. The van der Waals surface area contributed by atoms with Gasteiger partial charge in [0.15, 0.2) is 0 Å². The molecule has 0 unspecified atom stereocenters. The average molecular weight is 152 g/mol. The van der Waals surface area contributed by atoms with Crippen LogP contribution in [-0.2, 0) is 6.54 Å². The number of aromatic hydroxyl groups is 1. The molecule has 0 fully saturated rings. The molecule has 1 rings (SSSR count). The predicted octanol–water partition coefficient (Wildman–Crippen LogP) is 0.616. The number of benzene rings is 1. The summed E-state index contributed by atoms with van der Waals surface area (Å²) in [5.41, 5.74) is 6.91. The van der Waals surface area contributed by atoms with Gasteiger partial charge in [-0.15, -0.1) is 0 Å². The van der Waals surface area contributed by atoms with Crippen LogP contribution >= 0.6 is 0 Å². The second kappa shape index (κ2) is 3.95. The molecule has 1 aromatic carbocycles. The molecule has 1 aromatic rings. The Morgan fingerprint density at radius 3 is 2.45 bits per heavy atom. The molecule has 3 heteroatoms. The summed E-state index contributed by atoms with van der Waals surface area (Å²) in [4.78, 5) is 0. The van der Waals surface area contributed by atoms with E-state index in [1.165, 1.54) is 0 Å². The summed E-state index contributed by atoms with van der Waals surface area (Å²) in [5, 5.41) is 8.95. The highest BCUT2D eigenvalue weighted by molar-refractivity contribution is 5.25. The summed E-state index contributed by atoms with van der Waals surface area (Å²) in [7, 11) is 1.82. The van der Waals surface area contributed by atoms with Gasteiger partial charge in [-0.2, -0.15) is 0 Å². The first-order valence-electron chi connectivity index (χ1n) is 3.50. The summed E-state index contributed by atoms with van der Waals surface area (Å²) in [6.45, 7) is 0.761. The maximum Gasteiger partial charge on any atom is 0.115 e. The fourth-order valence-electron chi connectivity index (χ4n) is 0.804. The Balaban J connectivity index is 2.52. The zero-order valence-electron chi connectivity index (χ0n) is 6.46. The molecule has 0 amide bonds. The first kappa shape index (κ1) is 8.04. The molecule has 60 valence electrons. The third kappa shape index (κ3) is 2.57. The fraction of sp³-hybridized carbons (Fsp3) is 0.250. The van der Waals surface area contributed by atoms with Gasteiger partial charge in [0.2, 0.25) is 0 Å². The third-order valence-electron chi connectivity index (χ3n) is 1.41. The summed E-state index contributed by atoms with van der Waals surface area (Å²) in [5.74, 6) is 0.304. The van der Waals surface area contributed by atoms with Gasteiger partial charge >= 0.3 is 0 Å². The zero-order chi connectivity index (χ0) is 8.10. The SMILES string of the molecule is CNNCc1ccc(O)cc1. The Kier molecular flexibility index (Phi) is 2.89. The van der Waals surface area contributed by atoms with Crippen LogP contribution < -0.4 is 10.9 Å². The van der Waals surface area contributed by atoms with Crippen molar-refractivity contribution in [2.24, 2.45) is 0 Å². The largest absolute Gasteiger partial charge is 0.508 e. The number of hydrogen-bond acceptors (Lipinski definition) is 3. The van der Waals surface area contributed by atoms with E-state index in [2.05, 4.69) is 10.9 Å². The van der Waals surface area contributed by atoms with Gasteiger partial charge in [-0.25, -0.2) is 0 Å². The van der Waals surface area contributed by atoms with Crippen molar-refractivity contribution in [2.45, 2.75) is 6.54 Å². The maximum atomic E-state index is 8.95. The fourth-order valence-corrected chi connectivity index (χ4v) is 0.804. The lowest BCUT2D eigenvalue weighted by Gasteiger charge is -2.01. The topological polar surface area (TPSA) is 44.3 Å². The second-order valence-corrected chi connectivity index (χ2v) is 2.27. The van der Waals surface area contributed by atoms with Crippen LogP contribution in [0, 0.1) is 0 Å². The lowest BCUT2D eigenvalue weighted by Crippen LogP contribution is -2.26. The van der Waals surface area contributed by atoms with E-state index in [0.29, 0.717) is 5.75 Å². The average Bonchev–Trinajstić information content (AvgIpc) is 2.04. The van der Waals surface area contributed by atoms with Crippen molar-refractivity contribution >= 4 is 0 Å². The Labute approximate surface area is 66.0 Å². The van der Waals surface area contributed by atoms with E-state index in [1.807, 2.05) is 19.2 Å². The molecule has 0 heterocycles. The van der Waals surface area contributed by atoms with Crippen molar-refractivity contribution < 1.29 is 5.11 Å². The Morgan fingerprint density at radius 2 is 1.91 bits per heavy atom. The molecule has 0 spiro atoms. The highest BCUT2D eigenvalue weighted by atomic mass is 16.3. The van der Waals surface area contributed by atoms with Crippen LogP contribution in [0.15, 0.2) is 24.3 Å². The lowest BCUT2D eigenvalue weighted by atomic mass is 10.2. The van der Waals surface area contributed by atoms with E-state index < -0.39 is 0 Å². The summed E-state index contributed by atoms with van der Waals surface area (Å²) in [6, 6.07) is 7.10. The van der Waals surface area contributed by atoms with Crippen LogP contribution in [0.5, 0.6) is 5.75 Å². The van der Waals surface area contributed by atoms with Crippen LogP contribution in [0.3, 0.4) is 0 Å². The first-order chi connectivity index (χ1) is 5.33. The van der Waals surface area contributed by atoms with Gasteiger partial charge in [-0.1, -0.05) is 12.1 Å². The van der Waals surface area contributed by atoms with E-state index in [1.54, 1.807) is 12.1 Å². The highest BCUT2D eigenvalue weighted by Crippen LogP contribution is 2.08. The number of hydrazine groups is 1. The molecule has 0 aliphatic heterocycles. The Hall–Kier alpha value is -1.06. The number of phenolic OH excluding ortho intramolecular Hbond substituents is 1. The summed E-state index contributed by atoms with van der Waals surface area (Å²) < 4.78 is 0. The monoisotopic (exact) mass is 152 g/mol. The zero-order valence-corrected chi connectivity index (χ0v) is 6.46. The molecule has 0 aliphatic carbocycles. The van der Waals surface area contributed by atoms with Crippen LogP contribution in [0.4, 0.5) is 0 Å². The van der Waals surface area contributed by atoms with Crippen LogP contribution in [0.25, 0.3) is 0 Å². The van der Waals surface area contributed by atoms with Gasteiger partial charge < -0.3 is 5.11 Å². The van der Waals surface area contributed by atoms with Crippen molar-refractivity contribution in [2.75, 3.05) is 7.05 Å². The second-order valence-electron chi connectivity index (χ2n) is 2.27. The molecule has 0 aliphatic rings. The van der Waals surface area contributed by atoms with Crippen molar-refractivity contribution in [1.29, 1.82) is 0 Å². The molecule has 11 heavy (non-hydrogen) atoms. The summed E-state index contributed by atoms with van der Waals surface area (Å²) in [6.07, 6.45) is 0. The number of rotatable bonds is 3. The third-order valence-corrected chi connectivity index (χ3v) is 1.41. The van der Waals surface area contributed by atoms with E-state index in [-0.39, 0.29) is 0 Å². The van der Waals surface area contributed by atoms with Crippen molar-refractivity contribution in [1.82, 2.24) is 10.9 Å². The highest BCUT2D eigenvalue weighted by Gasteiger charge is 1.90. The van der Waals surface area contributed by atoms with Gasteiger partial charge in [-0.3, -0.25) is 10.9 Å². The van der Waals surface area contributed by atoms with Crippen molar-refractivity contribution in [3.05, 3.63) is 29.8 Å². The van der Waals surface area contributed by atoms with Crippen LogP contribution in [0.1, 0.15) is 5.56 Å². The van der Waals surface area contributed by atoms with E-state index >= 15 is 0 Å². The van der Waals surface area contributed by atoms with Gasteiger partial charge in [0.1, 0.15) is 5.75 Å².